The van der Waals surface area contributed by atoms with Gasteiger partial charge in [0.05, 0.1) is 0 Å². The Hall–Kier alpha value is -1.06. The van der Waals surface area contributed by atoms with Crippen molar-refractivity contribution in [2.24, 2.45) is 0 Å². The van der Waals surface area contributed by atoms with Crippen LogP contribution in [-0.4, -0.2) is 42.4 Å². The number of rotatable bonds is 7. The summed E-state index contributed by atoms with van der Waals surface area (Å²) in [5, 5.41) is 10.0. The lowest BCUT2D eigenvalue weighted by molar-refractivity contribution is 0.0617. The minimum absolute atomic E-state index is 0.379. The average Bonchev–Trinajstić information content (AvgIpc) is 2.48. The fourth-order valence-corrected chi connectivity index (χ4v) is 2.73. The van der Waals surface area contributed by atoms with Gasteiger partial charge >= 0.3 is 0 Å². The van der Waals surface area contributed by atoms with E-state index in [0.717, 1.165) is 38.2 Å². The Labute approximate surface area is 122 Å². The SMILES string of the molecule is CCCc1ccc(OC[C@@H](O)CN2CCCCC2)cc1. The molecule has 1 aliphatic heterocycles. The molecular formula is C17H27NO2. The number of piperidine rings is 1. The lowest BCUT2D eigenvalue weighted by atomic mass is 10.1. The molecule has 1 saturated heterocycles. The minimum atomic E-state index is -0.400. The van der Waals surface area contributed by atoms with Gasteiger partial charge in [-0.25, -0.2) is 0 Å². The summed E-state index contributed by atoms with van der Waals surface area (Å²) in [5.41, 5.74) is 1.34. The average molecular weight is 277 g/mol. The second-order valence-electron chi connectivity index (χ2n) is 5.72. The van der Waals surface area contributed by atoms with Crippen LogP contribution in [0.1, 0.15) is 38.2 Å². The Morgan fingerprint density at radius 2 is 1.85 bits per heavy atom. The molecule has 0 saturated carbocycles. The lowest BCUT2D eigenvalue weighted by Crippen LogP contribution is -2.38. The first-order chi connectivity index (χ1) is 9.78. The lowest BCUT2D eigenvalue weighted by Gasteiger charge is -2.28. The highest BCUT2D eigenvalue weighted by Crippen LogP contribution is 2.14. The molecule has 0 aliphatic carbocycles. The number of hydrogen-bond acceptors (Lipinski definition) is 3. The number of aryl methyl sites for hydroxylation is 1. The minimum Gasteiger partial charge on any atom is -0.491 e. The molecule has 0 unspecified atom stereocenters. The maximum absolute atomic E-state index is 10.0. The summed E-state index contributed by atoms with van der Waals surface area (Å²) in [6.45, 7) is 5.52. The summed E-state index contributed by atoms with van der Waals surface area (Å²) in [5.74, 6) is 0.850. The van der Waals surface area contributed by atoms with Crippen molar-refractivity contribution in [1.29, 1.82) is 0 Å². The Morgan fingerprint density at radius 1 is 1.15 bits per heavy atom. The van der Waals surface area contributed by atoms with E-state index in [0.29, 0.717) is 6.61 Å². The first-order valence-electron chi connectivity index (χ1n) is 7.90. The molecule has 1 aliphatic rings. The highest BCUT2D eigenvalue weighted by molar-refractivity contribution is 5.27. The first kappa shape index (κ1) is 15.3. The van der Waals surface area contributed by atoms with Crippen LogP contribution in [0, 0.1) is 0 Å². The largest absolute Gasteiger partial charge is 0.491 e. The molecule has 1 aromatic carbocycles. The zero-order valence-electron chi connectivity index (χ0n) is 12.6. The third kappa shape index (κ3) is 5.14. The molecule has 0 radical (unpaired) electrons. The van der Waals surface area contributed by atoms with Crippen molar-refractivity contribution in [3.05, 3.63) is 29.8 Å². The number of aliphatic hydroxyl groups excluding tert-OH is 1. The summed E-state index contributed by atoms with van der Waals surface area (Å²) in [6.07, 6.45) is 5.71. The van der Waals surface area contributed by atoms with Gasteiger partial charge in [-0.1, -0.05) is 31.9 Å². The quantitative estimate of drug-likeness (QED) is 0.832. The molecule has 0 spiro atoms. The van der Waals surface area contributed by atoms with E-state index in [9.17, 15) is 5.11 Å². The monoisotopic (exact) mass is 277 g/mol. The van der Waals surface area contributed by atoms with Gasteiger partial charge in [0, 0.05) is 6.54 Å². The van der Waals surface area contributed by atoms with Crippen LogP contribution in [0.25, 0.3) is 0 Å². The number of ether oxygens (including phenoxy) is 1. The van der Waals surface area contributed by atoms with Crippen LogP contribution in [0.3, 0.4) is 0 Å². The standard InChI is InChI=1S/C17H27NO2/c1-2-6-15-7-9-17(10-8-15)20-14-16(19)13-18-11-4-3-5-12-18/h7-10,16,19H,2-6,11-14H2,1H3/t16-/m0/s1. The molecule has 1 heterocycles. The highest BCUT2D eigenvalue weighted by Gasteiger charge is 2.14. The van der Waals surface area contributed by atoms with Crippen molar-refractivity contribution in [3.63, 3.8) is 0 Å². The molecule has 0 bridgehead atoms. The van der Waals surface area contributed by atoms with Gasteiger partial charge in [-0.05, 0) is 50.0 Å². The summed E-state index contributed by atoms with van der Waals surface area (Å²) in [6, 6.07) is 8.21. The molecule has 3 heteroatoms. The fourth-order valence-electron chi connectivity index (χ4n) is 2.73. The predicted octanol–water partition coefficient (Wildman–Crippen LogP) is 2.86. The maximum Gasteiger partial charge on any atom is 0.119 e. The second kappa shape index (κ2) is 8.28. The van der Waals surface area contributed by atoms with Gasteiger partial charge in [0.15, 0.2) is 0 Å². The first-order valence-corrected chi connectivity index (χ1v) is 7.90. The number of nitrogens with zero attached hydrogens (tertiary/aromatic N) is 1. The zero-order valence-corrected chi connectivity index (χ0v) is 12.6. The zero-order chi connectivity index (χ0) is 14.2. The number of β-amino-alcohol motifs (C(OH)–C–C–N with tert-alkyl or cyclic N) is 1. The van der Waals surface area contributed by atoms with Crippen LogP contribution in [0.4, 0.5) is 0 Å². The number of hydrogen-bond donors (Lipinski definition) is 1. The topological polar surface area (TPSA) is 32.7 Å². The summed E-state index contributed by atoms with van der Waals surface area (Å²) in [4.78, 5) is 2.34. The van der Waals surface area contributed by atoms with Crippen LogP contribution in [-0.2, 0) is 6.42 Å². The van der Waals surface area contributed by atoms with Crippen molar-refractivity contribution >= 4 is 0 Å². The Balaban J connectivity index is 1.70. The molecule has 3 nitrogen and oxygen atoms in total. The fraction of sp³-hybridized carbons (Fsp3) is 0.647. The van der Waals surface area contributed by atoms with E-state index < -0.39 is 6.10 Å². The Bertz CT molecular complexity index is 371. The predicted molar refractivity (Wildman–Crippen MR) is 82.2 cm³/mol. The smallest absolute Gasteiger partial charge is 0.119 e. The van der Waals surface area contributed by atoms with Crippen molar-refractivity contribution in [1.82, 2.24) is 4.90 Å². The maximum atomic E-state index is 10.0. The summed E-state index contributed by atoms with van der Waals surface area (Å²) < 4.78 is 5.67. The van der Waals surface area contributed by atoms with Crippen LogP contribution >= 0.6 is 0 Å². The molecule has 1 aromatic rings. The van der Waals surface area contributed by atoms with Gasteiger partial charge in [-0.3, -0.25) is 0 Å². The molecule has 1 fully saturated rings. The molecule has 112 valence electrons. The number of aliphatic hydroxyl groups is 1. The van der Waals surface area contributed by atoms with Crippen LogP contribution in [0.5, 0.6) is 5.75 Å². The third-order valence-electron chi connectivity index (χ3n) is 3.82. The molecule has 1 N–H and O–H groups in total. The van der Waals surface area contributed by atoms with Gasteiger partial charge in [-0.15, -0.1) is 0 Å². The van der Waals surface area contributed by atoms with E-state index in [4.69, 9.17) is 4.74 Å². The van der Waals surface area contributed by atoms with E-state index >= 15 is 0 Å². The van der Waals surface area contributed by atoms with Gasteiger partial charge in [0.25, 0.3) is 0 Å². The molecular weight excluding hydrogens is 250 g/mol. The van der Waals surface area contributed by atoms with Crippen LogP contribution in [0.2, 0.25) is 0 Å². The number of likely N-dealkylation sites (tertiary alicyclic amines) is 1. The summed E-state index contributed by atoms with van der Waals surface area (Å²) >= 11 is 0. The number of benzene rings is 1. The van der Waals surface area contributed by atoms with E-state index in [2.05, 4.69) is 24.0 Å². The van der Waals surface area contributed by atoms with E-state index in [-0.39, 0.29) is 0 Å². The third-order valence-corrected chi connectivity index (χ3v) is 3.82. The van der Waals surface area contributed by atoms with E-state index in [1.54, 1.807) is 0 Å². The van der Waals surface area contributed by atoms with Crippen molar-refractivity contribution < 1.29 is 9.84 Å². The van der Waals surface area contributed by atoms with Crippen LogP contribution < -0.4 is 4.74 Å². The molecule has 0 aromatic heterocycles. The van der Waals surface area contributed by atoms with Gasteiger partial charge < -0.3 is 14.7 Å². The van der Waals surface area contributed by atoms with Crippen molar-refractivity contribution in [2.75, 3.05) is 26.2 Å². The molecule has 2 rings (SSSR count). The van der Waals surface area contributed by atoms with Gasteiger partial charge in [0.2, 0.25) is 0 Å². The summed E-state index contributed by atoms with van der Waals surface area (Å²) in [7, 11) is 0. The molecule has 1 atom stereocenters. The Kier molecular flexibility index (Phi) is 6.34. The Morgan fingerprint density at radius 3 is 2.50 bits per heavy atom. The van der Waals surface area contributed by atoms with E-state index in [1.807, 2.05) is 12.1 Å². The second-order valence-corrected chi connectivity index (χ2v) is 5.72. The van der Waals surface area contributed by atoms with Crippen LogP contribution in [0.15, 0.2) is 24.3 Å². The highest BCUT2D eigenvalue weighted by atomic mass is 16.5. The van der Waals surface area contributed by atoms with Gasteiger partial charge in [0.1, 0.15) is 18.5 Å². The van der Waals surface area contributed by atoms with Crippen molar-refractivity contribution in [2.45, 2.75) is 45.1 Å². The van der Waals surface area contributed by atoms with Crippen molar-refractivity contribution in [3.8, 4) is 5.75 Å². The molecule has 0 amide bonds. The normalized spacial score (nSPS) is 17.9. The van der Waals surface area contributed by atoms with Gasteiger partial charge in [-0.2, -0.15) is 0 Å². The van der Waals surface area contributed by atoms with E-state index in [1.165, 1.54) is 24.8 Å². The molecule has 20 heavy (non-hydrogen) atoms.